The Labute approximate surface area is 125 Å². The molecule has 0 aromatic heterocycles. The van der Waals surface area contributed by atoms with Gasteiger partial charge in [0.25, 0.3) is 0 Å². The monoisotopic (exact) mass is 293 g/mol. The summed E-state index contributed by atoms with van der Waals surface area (Å²) in [5, 5.41) is 0. The van der Waals surface area contributed by atoms with E-state index in [9.17, 15) is 4.79 Å². The lowest BCUT2D eigenvalue weighted by Crippen LogP contribution is -2.17. The van der Waals surface area contributed by atoms with E-state index in [0.717, 1.165) is 30.8 Å². The summed E-state index contributed by atoms with van der Waals surface area (Å²) in [6.45, 7) is 3.87. The van der Waals surface area contributed by atoms with Crippen LogP contribution in [0.4, 0.5) is 0 Å². The number of benzene rings is 1. The molecule has 1 aromatic carbocycles. The van der Waals surface area contributed by atoms with Gasteiger partial charge in [-0.25, -0.2) is 4.79 Å². The maximum Gasteiger partial charge on any atom is 0.349 e. The first-order valence-corrected chi connectivity index (χ1v) is 7.09. The van der Waals surface area contributed by atoms with E-state index in [-0.39, 0.29) is 0 Å². The molecule has 0 amide bonds. The number of hydrogen-bond acceptors (Lipinski definition) is 5. The highest BCUT2D eigenvalue weighted by Gasteiger charge is 1.97. The Morgan fingerprint density at radius 3 is 2.57 bits per heavy atom. The lowest BCUT2D eigenvalue weighted by molar-refractivity contribution is -0.144. The Kier molecular flexibility index (Phi) is 8.91. The summed E-state index contributed by atoms with van der Waals surface area (Å²) in [6.07, 6.45) is 5.03. The molecule has 0 fully saturated rings. The third-order valence-corrected chi connectivity index (χ3v) is 2.62. The molecule has 5 heteroatoms. The van der Waals surface area contributed by atoms with Gasteiger partial charge in [0.15, 0.2) is 0 Å². The highest BCUT2D eigenvalue weighted by atomic mass is 16.7. The normalized spacial score (nSPS) is 10.8. The number of methoxy groups -OCH3 is 1. The number of ether oxygens (including phenoxy) is 2. The van der Waals surface area contributed by atoms with Crippen molar-refractivity contribution in [1.82, 2.24) is 5.48 Å². The van der Waals surface area contributed by atoms with E-state index in [0.29, 0.717) is 13.2 Å². The van der Waals surface area contributed by atoms with Crippen molar-refractivity contribution in [2.75, 3.05) is 26.9 Å². The van der Waals surface area contributed by atoms with Crippen molar-refractivity contribution in [3.05, 3.63) is 35.9 Å². The van der Waals surface area contributed by atoms with Crippen molar-refractivity contribution in [2.24, 2.45) is 0 Å². The van der Waals surface area contributed by atoms with Crippen LogP contribution in [-0.2, 0) is 14.4 Å². The van der Waals surface area contributed by atoms with Crippen molar-refractivity contribution < 1.29 is 19.1 Å². The number of unbranched alkanes of at least 4 members (excludes halogenated alkanes) is 1. The van der Waals surface area contributed by atoms with Crippen molar-refractivity contribution in [3.63, 3.8) is 0 Å². The molecule has 0 saturated heterocycles. The first kappa shape index (κ1) is 17.2. The predicted octanol–water partition coefficient (Wildman–Crippen LogP) is 2.57. The van der Waals surface area contributed by atoms with Crippen LogP contribution in [0, 0.1) is 0 Å². The second-order valence-electron chi connectivity index (χ2n) is 4.37. The average Bonchev–Trinajstić information content (AvgIpc) is 2.52. The Bertz CT molecular complexity index is 428. The molecule has 21 heavy (non-hydrogen) atoms. The van der Waals surface area contributed by atoms with E-state index in [4.69, 9.17) is 14.3 Å². The van der Waals surface area contributed by atoms with Gasteiger partial charge in [0, 0.05) is 26.3 Å². The minimum atomic E-state index is -0.421. The number of nitrogens with one attached hydrogen (secondary N) is 1. The van der Waals surface area contributed by atoms with Crippen LogP contribution in [0.25, 0.3) is 6.08 Å². The summed E-state index contributed by atoms with van der Waals surface area (Å²) in [6, 6.07) is 7.54. The molecule has 0 heterocycles. The van der Waals surface area contributed by atoms with Gasteiger partial charge in [0.2, 0.25) is 0 Å². The number of hydrogen-bond donors (Lipinski definition) is 1. The Morgan fingerprint density at radius 2 is 1.90 bits per heavy atom. The fourth-order valence-corrected chi connectivity index (χ4v) is 1.56. The van der Waals surface area contributed by atoms with Gasteiger partial charge in [-0.05, 0) is 43.5 Å². The van der Waals surface area contributed by atoms with Crippen molar-refractivity contribution in [2.45, 2.75) is 19.8 Å². The van der Waals surface area contributed by atoms with Crippen LogP contribution in [0.15, 0.2) is 30.3 Å². The van der Waals surface area contributed by atoms with E-state index < -0.39 is 5.97 Å². The van der Waals surface area contributed by atoms with E-state index >= 15 is 0 Å². The third kappa shape index (κ3) is 8.12. The molecular weight excluding hydrogens is 270 g/mol. The van der Waals surface area contributed by atoms with Crippen LogP contribution < -0.4 is 10.2 Å². The molecule has 1 aromatic rings. The van der Waals surface area contributed by atoms with Crippen molar-refractivity contribution in [3.8, 4) is 5.75 Å². The average molecular weight is 293 g/mol. The van der Waals surface area contributed by atoms with Gasteiger partial charge in [-0.2, -0.15) is 5.48 Å². The highest BCUT2D eigenvalue weighted by molar-refractivity contribution is 5.86. The molecule has 0 bridgehead atoms. The zero-order valence-corrected chi connectivity index (χ0v) is 12.6. The molecule has 1 rings (SSSR count). The SMILES string of the molecule is CCNOC(=O)/C=C/c1ccc(OCCCCOC)cc1. The first-order chi connectivity index (χ1) is 10.3. The molecule has 0 unspecified atom stereocenters. The summed E-state index contributed by atoms with van der Waals surface area (Å²) in [7, 11) is 1.70. The molecular formula is C16H23NO4. The summed E-state index contributed by atoms with van der Waals surface area (Å²) >= 11 is 0. The molecule has 0 atom stereocenters. The van der Waals surface area contributed by atoms with Gasteiger partial charge in [0.1, 0.15) is 5.75 Å². The fraction of sp³-hybridized carbons (Fsp3) is 0.438. The number of rotatable bonds is 10. The first-order valence-electron chi connectivity index (χ1n) is 7.09. The predicted molar refractivity (Wildman–Crippen MR) is 81.8 cm³/mol. The van der Waals surface area contributed by atoms with E-state index in [2.05, 4.69) is 5.48 Å². The maximum absolute atomic E-state index is 11.3. The molecule has 116 valence electrons. The summed E-state index contributed by atoms with van der Waals surface area (Å²) in [4.78, 5) is 16.0. The van der Waals surface area contributed by atoms with E-state index in [1.165, 1.54) is 6.08 Å². The van der Waals surface area contributed by atoms with Gasteiger partial charge in [0.05, 0.1) is 6.61 Å². The lowest BCUT2D eigenvalue weighted by atomic mass is 10.2. The summed E-state index contributed by atoms with van der Waals surface area (Å²) in [5.74, 6) is 0.398. The second kappa shape index (κ2) is 10.9. The van der Waals surface area contributed by atoms with Crippen LogP contribution in [0.2, 0.25) is 0 Å². The minimum absolute atomic E-state index is 0.421. The largest absolute Gasteiger partial charge is 0.494 e. The zero-order valence-electron chi connectivity index (χ0n) is 12.6. The number of hydroxylamine groups is 1. The smallest absolute Gasteiger partial charge is 0.349 e. The summed E-state index contributed by atoms with van der Waals surface area (Å²) < 4.78 is 10.6. The van der Waals surface area contributed by atoms with Crippen molar-refractivity contribution >= 4 is 12.0 Å². The molecule has 0 aliphatic heterocycles. The van der Waals surface area contributed by atoms with Crippen LogP contribution in [0.5, 0.6) is 5.75 Å². The van der Waals surface area contributed by atoms with Crippen LogP contribution in [0.3, 0.4) is 0 Å². The molecule has 0 aliphatic carbocycles. The molecule has 0 spiro atoms. The molecule has 0 aliphatic rings. The standard InChI is InChI=1S/C16H23NO4/c1-3-17-21-16(18)11-8-14-6-9-15(10-7-14)20-13-5-4-12-19-2/h6-11,17H,3-5,12-13H2,1-2H3/b11-8+. The summed E-state index contributed by atoms with van der Waals surface area (Å²) in [5.41, 5.74) is 3.41. The van der Waals surface area contributed by atoms with Gasteiger partial charge >= 0.3 is 5.97 Å². The molecule has 5 nitrogen and oxygen atoms in total. The Hall–Kier alpha value is -1.85. The Morgan fingerprint density at radius 1 is 1.19 bits per heavy atom. The van der Waals surface area contributed by atoms with Gasteiger partial charge in [-0.15, -0.1) is 0 Å². The van der Waals surface area contributed by atoms with Crippen LogP contribution in [0.1, 0.15) is 25.3 Å². The molecule has 0 saturated carbocycles. The second-order valence-corrected chi connectivity index (χ2v) is 4.37. The minimum Gasteiger partial charge on any atom is -0.494 e. The third-order valence-electron chi connectivity index (χ3n) is 2.62. The molecule has 0 radical (unpaired) electrons. The van der Waals surface area contributed by atoms with Crippen LogP contribution in [-0.4, -0.2) is 32.8 Å². The van der Waals surface area contributed by atoms with Crippen LogP contribution >= 0.6 is 0 Å². The van der Waals surface area contributed by atoms with Gasteiger partial charge in [-0.1, -0.05) is 12.1 Å². The van der Waals surface area contributed by atoms with Crippen molar-refractivity contribution in [1.29, 1.82) is 0 Å². The van der Waals surface area contributed by atoms with Gasteiger partial charge < -0.3 is 14.3 Å². The number of carbonyl (C=O) groups is 1. The van der Waals surface area contributed by atoms with E-state index in [1.807, 2.05) is 31.2 Å². The lowest BCUT2D eigenvalue weighted by Gasteiger charge is -2.06. The quantitative estimate of drug-likeness (QED) is 0.408. The maximum atomic E-state index is 11.3. The fourth-order valence-electron chi connectivity index (χ4n) is 1.56. The zero-order chi connectivity index (χ0) is 15.3. The molecule has 1 N–H and O–H groups in total. The topological polar surface area (TPSA) is 56.8 Å². The van der Waals surface area contributed by atoms with E-state index in [1.54, 1.807) is 13.2 Å². The Balaban J connectivity index is 2.32. The number of carbonyl (C=O) groups excluding carboxylic acids is 1. The van der Waals surface area contributed by atoms with Gasteiger partial charge in [-0.3, -0.25) is 0 Å². The highest BCUT2D eigenvalue weighted by Crippen LogP contribution is 2.13.